The molecule has 9 heteroatoms. The van der Waals surface area contributed by atoms with Crippen LogP contribution in [-0.2, 0) is 4.79 Å². The Morgan fingerprint density at radius 1 is 1.38 bits per heavy atom. The molecular weight excluding hydrogens is 492 g/mol. The quantitative estimate of drug-likeness (QED) is 0.305. The van der Waals surface area contributed by atoms with Gasteiger partial charge in [-0.1, -0.05) is 52.8 Å². The number of H-pyrrole nitrogens is 1. The van der Waals surface area contributed by atoms with Crippen LogP contribution in [0.1, 0.15) is 25.1 Å². The van der Waals surface area contributed by atoms with E-state index in [2.05, 4.69) is 27.5 Å². The summed E-state index contributed by atoms with van der Waals surface area (Å²) in [4.78, 5) is 31.1. The highest BCUT2D eigenvalue weighted by atomic mass is 79.9. The lowest BCUT2D eigenvalue weighted by Crippen LogP contribution is -2.61. The standard InChI is InChI=1S/C23H21BrN4O3S/c1-4-12-32-23-25-21(30)20-15-8-6-7-9-17(15)27(19(29)5-2)22(28(20)26-23)16-13-14(24)10-11-18(16)31-3/h4,6-11,13,22H,1,5,12H2,2-3H3/p+1. The molecule has 164 valence electrons. The molecule has 1 atom stereocenters. The van der Waals surface area contributed by atoms with Crippen LogP contribution >= 0.6 is 27.7 Å². The smallest absolute Gasteiger partial charge is 0.325 e. The summed E-state index contributed by atoms with van der Waals surface area (Å²) in [6, 6.07) is 13.0. The number of aromatic amines is 1. The molecule has 0 radical (unpaired) electrons. The van der Waals surface area contributed by atoms with E-state index < -0.39 is 6.17 Å². The van der Waals surface area contributed by atoms with Crippen molar-refractivity contribution < 1.29 is 14.2 Å². The van der Waals surface area contributed by atoms with Gasteiger partial charge in [0.25, 0.3) is 6.17 Å². The number of ether oxygens (including phenoxy) is 1. The summed E-state index contributed by atoms with van der Waals surface area (Å²) in [6.45, 7) is 5.55. The number of hydrogen-bond acceptors (Lipinski definition) is 5. The molecule has 32 heavy (non-hydrogen) atoms. The molecule has 0 bridgehead atoms. The molecule has 1 amide bonds. The van der Waals surface area contributed by atoms with Crippen molar-refractivity contribution in [3.05, 3.63) is 75.5 Å². The van der Waals surface area contributed by atoms with Gasteiger partial charge in [0.2, 0.25) is 11.1 Å². The fourth-order valence-electron chi connectivity index (χ4n) is 3.80. The van der Waals surface area contributed by atoms with E-state index in [1.807, 2.05) is 49.4 Å². The van der Waals surface area contributed by atoms with Gasteiger partial charge < -0.3 is 4.74 Å². The van der Waals surface area contributed by atoms with Crippen molar-refractivity contribution in [1.82, 2.24) is 10.1 Å². The minimum Gasteiger partial charge on any atom is -0.496 e. The number of para-hydroxylation sites is 1. The Bertz CT molecular complexity index is 1260. The predicted molar refractivity (Wildman–Crippen MR) is 128 cm³/mol. The molecule has 4 rings (SSSR count). The number of halogens is 1. The zero-order chi connectivity index (χ0) is 22.8. The summed E-state index contributed by atoms with van der Waals surface area (Å²) in [5.74, 6) is 1.08. The number of fused-ring (bicyclic) bond motifs is 3. The third-order valence-electron chi connectivity index (χ3n) is 5.14. The lowest BCUT2D eigenvalue weighted by molar-refractivity contribution is -0.763. The SMILES string of the molecule is C=CCSc1n[n+]2c(c(=O)[nH]1)-c1ccccc1N(C(=O)CC)C2c1cc(Br)ccc1OC. The zero-order valence-electron chi connectivity index (χ0n) is 17.7. The third kappa shape index (κ3) is 3.86. The molecule has 7 nitrogen and oxygen atoms in total. The average molecular weight is 514 g/mol. The van der Waals surface area contributed by atoms with Crippen LogP contribution in [0.5, 0.6) is 5.75 Å². The normalized spacial score (nSPS) is 14.5. The Hall–Kier alpha value is -2.91. The Morgan fingerprint density at radius 3 is 2.88 bits per heavy atom. The summed E-state index contributed by atoms with van der Waals surface area (Å²) < 4.78 is 8.09. The molecule has 1 aromatic heterocycles. The minimum absolute atomic E-state index is 0.0926. The number of benzene rings is 2. The van der Waals surface area contributed by atoms with E-state index in [0.717, 1.165) is 4.47 Å². The maximum atomic E-state index is 13.3. The Balaban J connectivity index is 2.08. The summed E-state index contributed by atoms with van der Waals surface area (Å²) in [5, 5.41) is 5.20. The van der Waals surface area contributed by atoms with Gasteiger partial charge in [0.15, 0.2) is 0 Å². The maximum absolute atomic E-state index is 13.3. The number of amides is 1. The topological polar surface area (TPSA) is 79.2 Å². The number of methoxy groups -OCH3 is 1. The number of nitrogens with zero attached hydrogens (tertiary/aromatic N) is 3. The van der Waals surface area contributed by atoms with E-state index >= 15 is 0 Å². The molecule has 2 aromatic carbocycles. The van der Waals surface area contributed by atoms with E-state index in [4.69, 9.17) is 9.84 Å². The maximum Gasteiger partial charge on any atom is 0.325 e. The van der Waals surface area contributed by atoms with Gasteiger partial charge in [-0.2, -0.15) is 0 Å². The van der Waals surface area contributed by atoms with Gasteiger partial charge in [0.1, 0.15) is 5.75 Å². The molecule has 1 unspecified atom stereocenters. The Kier molecular flexibility index (Phi) is 6.48. The van der Waals surface area contributed by atoms with Gasteiger partial charge in [-0.15, -0.1) is 6.58 Å². The van der Waals surface area contributed by atoms with E-state index in [9.17, 15) is 9.59 Å². The van der Waals surface area contributed by atoms with Gasteiger partial charge in [-0.3, -0.25) is 14.6 Å². The second-order valence-electron chi connectivity index (χ2n) is 7.05. The van der Waals surface area contributed by atoms with Crippen molar-refractivity contribution in [2.24, 2.45) is 0 Å². The number of nitrogens with one attached hydrogen (secondary N) is 1. The van der Waals surface area contributed by atoms with Crippen LogP contribution in [-0.4, -0.2) is 28.9 Å². The second-order valence-corrected chi connectivity index (χ2v) is 8.97. The van der Waals surface area contributed by atoms with Crippen molar-refractivity contribution in [3.8, 4) is 17.0 Å². The molecule has 0 saturated heterocycles. The van der Waals surface area contributed by atoms with Gasteiger partial charge in [-0.25, -0.2) is 4.90 Å². The van der Waals surface area contributed by atoms with Gasteiger partial charge in [0, 0.05) is 21.7 Å². The third-order valence-corrected chi connectivity index (χ3v) is 6.49. The molecule has 0 spiro atoms. The summed E-state index contributed by atoms with van der Waals surface area (Å²) in [7, 11) is 1.58. The lowest BCUT2D eigenvalue weighted by Gasteiger charge is -2.32. The first kappa shape index (κ1) is 22.3. The van der Waals surface area contributed by atoms with Crippen molar-refractivity contribution in [1.29, 1.82) is 0 Å². The highest BCUT2D eigenvalue weighted by Gasteiger charge is 2.46. The van der Waals surface area contributed by atoms with Crippen molar-refractivity contribution in [3.63, 3.8) is 0 Å². The fourth-order valence-corrected chi connectivity index (χ4v) is 4.77. The number of aromatic nitrogens is 3. The summed E-state index contributed by atoms with van der Waals surface area (Å²) >= 11 is 4.89. The summed E-state index contributed by atoms with van der Waals surface area (Å²) in [5.41, 5.74) is 2.12. The van der Waals surface area contributed by atoms with Crippen molar-refractivity contribution in [2.75, 3.05) is 17.8 Å². The monoisotopic (exact) mass is 513 g/mol. The van der Waals surface area contributed by atoms with Crippen LogP contribution in [0, 0.1) is 0 Å². The first-order valence-electron chi connectivity index (χ1n) is 10.0. The lowest BCUT2D eigenvalue weighted by atomic mass is 10.0. The molecule has 0 saturated carbocycles. The number of carbonyl (C=O) groups excluding carboxylic acids is 1. The van der Waals surface area contributed by atoms with Gasteiger partial charge >= 0.3 is 11.3 Å². The Morgan fingerprint density at radius 2 is 2.16 bits per heavy atom. The van der Waals surface area contributed by atoms with Crippen LogP contribution in [0.4, 0.5) is 5.69 Å². The van der Waals surface area contributed by atoms with E-state index in [1.54, 1.807) is 22.8 Å². The molecule has 0 fully saturated rings. The molecule has 1 aliphatic heterocycles. The van der Waals surface area contributed by atoms with Crippen LogP contribution in [0.2, 0.25) is 0 Å². The van der Waals surface area contributed by atoms with E-state index in [1.165, 1.54) is 11.8 Å². The van der Waals surface area contributed by atoms with Crippen LogP contribution in [0.3, 0.4) is 0 Å². The average Bonchev–Trinajstić information content (AvgIpc) is 2.81. The number of hydrogen-bond donors (Lipinski definition) is 1. The van der Waals surface area contributed by atoms with Gasteiger partial charge in [0.05, 0.1) is 23.9 Å². The molecule has 2 heterocycles. The highest BCUT2D eigenvalue weighted by Crippen LogP contribution is 2.40. The molecule has 3 aromatic rings. The number of carbonyl (C=O) groups is 1. The largest absolute Gasteiger partial charge is 0.496 e. The molecule has 1 N–H and O–H groups in total. The number of anilines is 1. The molecule has 0 aliphatic carbocycles. The van der Waals surface area contributed by atoms with Crippen molar-refractivity contribution >= 4 is 39.3 Å². The van der Waals surface area contributed by atoms with Gasteiger partial charge in [-0.05, 0) is 35.0 Å². The first-order chi connectivity index (χ1) is 15.5. The molecular formula is C23H22BrN4O3S+. The predicted octanol–water partition coefficient (Wildman–Crippen LogP) is 4.08. The fraction of sp³-hybridized carbons (Fsp3) is 0.217. The Labute approximate surface area is 198 Å². The highest BCUT2D eigenvalue weighted by molar-refractivity contribution is 9.10. The number of thioether (sulfide) groups is 1. The van der Waals surface area contributed by atoms with E-state index in [0.29, 0.717) is 39.2 Å². The number of rotatable bonds is 6. The van der Waals surface area contributed by atoms with Crippen LogP contribution < -0.4 is 19.9 Å². The second kappa shape index (κ2) is 9.30. The summed E-state index contributed by atoms with van der Waals surface area (Å²) in [6.07, 6.45) is 1.33. The molecule has 1 aliphatic rings. The van der Waals surface area contributed by atoms with Crippen LogP contribution in [0.15, 0.2) is 69.5 Å². The zero-order valence-corrected chi connectivity index (χ0v) is 20.1. The van der Waals surface area contributed by atoms with Crippen LogP contribution in [0.25, 0.3) is 11.3 Å². The van der Waals surface area contributed by atoms with E-state index in [-0.39, 0.29) is 17.9 Å². The minimum atomic E-state index is -0.704. The van der Waals surface area contributed by atoms with Crippen molar-refractivity contribution in [2.45, 2.75) is 24.7 Å². The first-order valence-corrected chi connectivity index (χ1v) is 11.8.